The van der Waals surface area contributed by atoms with Crippen LogP contribution < -0.4 is 10.2 Å². The number of carbonyl (C=O) groups excluding carboxylic acids is 1. The number of nitrogens with one attached hydrogen (secondary N) is 1. The lowest BCUT2D eigenvalue weighted by Gasteiger charge is -2.14. The molecule has 4 rings (SSSR count). The van der Waals surface area contributed by atoms with E-state index >= 15 is 0 Å². The Kier molecular flexibility index (Phi) is 6.75. The number of fused-ring (bicyclic) bond motifs is 1. The minimum absolute atomic E-state index is 0.136. The number of aromatic nitrogens is 1. The molecule has 1 aliphatic rings. The van der Waals surface area contributed by atoms with Gasteiger partial charge in [-0.1, -0.05) is 13.8 Å². The largest absolute Gasteiger partial charge is 0.496 e. The molecule has 6 heteroatoms. The maximum Gasteiger partial charge on any atom is 0.274 e. The first kappa shape index (κ1) is 23.3. The van der Waals surface area contributed by atoms with Crippen LogP contribution in [0, 0.1) is 20.8 Å². The summed E-state index contributed by atoms with van der Waals surface area (Å²) in [6.45, 7) is 10.5. The van der Waals surface area contributed by atoms with Crippen LogP contribution in [0.1, 0.15) is 81.5 Å². The molecule has 1 N–H and O–H groups in total. The molecule has 174 valence electrons. The zero-order valence-corrected chi connectivity index (χ0v) is 21.2. The van der Waals surface area contributed by atoms with Gasteiger partial charge in [0.25, 0.3) is 5.91 Å². The van der Waals surface area contributed by atoms with Crippen molar-refractivity contribution in [2.75, 3.05) is 7.11 Å². The number of rotatable bonds is 6. The van der Waals surface area contributed by atoms with Crippen LogP contribution in [0.3, 0.4) is 0 Å². The van der Waals surface area contributed by atoms with Crippen LogP contribution in [-0.4, -0.2) is 23.8 Å². The van der Waals surface area contributed by atoms with Gasteiger partial charge in [-0.2, -0.15) is 5.10 Å². The SMILES string of the molecule is COc1cc(C)c(/C=N\NC(=O)c2c(-n3c(C)ccc3C)sc3c2CCCC3)cc1C(C)C. The van der Waals surface area contributed by atoms with Gasteiger partial charge in [-0.3, -0.25) is 4.79 Å². The van der Waals surface area contributed by atoms with Gasteiger partial charge in [0.1, 0.15) is 10.8 Å². The lowest BCUT2D eigenvalue weighted by molar-refractivity contribution is 0.0954. The van der Waals surface area contributed by atoms with E-state index in [2.05, 4.69) is 61.0 Å². The molecule has 1 aliphatic carbocycles. The smallest absolute Gasteiger partial charge is 0.274 e. The average Bonchev–Trinajstić information content (AvgIpc) is 3.33. The molecule has 0 bridgehead atoms. The van der Waals surface area contributed by atoms with Gasteiger partial charge in [-0.05, 0) is 98.9 Å². The average molecular weight is 464 g/mol. The second-order valence-electron chi connectivity index (χ2n) is 9.15. The molecule has 3 aromatic rings. The first-order valence-corrected chi connectivity index (χ1v) is 12.4. The Labute approximate surface area is 200 Å². The molecular weight excluding hydrogens is 430 g/mol. The topological polar surface area (TPSA) is 55.6 Å². The Bertz CT molecular complexity index is 1200. The van der Waals surface area contributed by atoms with Crippen LogP contribution in [0.5, 0.6) is 5.75 Å². The highest BCUT2D eigenvalue weighted by atomic mass is 32.1. The van der Waals surface area contributed by atoms with Crippen molar-refractivity contribution in [3.05, 3.63) is 68.3 Å². The maximum atomic E-state index is 13.4. The molecule has 1 aromatic carbocycles. The van der Waals surface area contributed by atoms with Crippen LogP contribution in [0.25, 0.3) is 5.00 Å². The molecule has 0 unspecified atom stereocenters. The fourth-order valence-corrected chi connectivity index (χ4v) is 6.14. The fourth-order valence-electron chi connectivity index (χ4n) is 4.63. The van der Waals surface area contributed by atoms with E-state index < -0.39 is 0 Å². The zero-order valence-electron chi connectivity index (χ0n) is 20.4. The molecule has 2 heterocycles. The highest BCUT2D eigenvalue weighted by Crippen LogP contribution is 2.38. The molecule has 33 heavy (non-hydrogen) atoms. The number of nitrogens with zero attached hydrogens (tertiary/aromatic N) is 2. The summed E-state index contributed by atoms with van der Waals surface area (Å²) in [4.78, 5) is 14.8. The number of hydrazone groups is 1. The summed E-state index contributed by atoms with van der Waals surface area (Å²) in [5.41, 5.74) is 10.2. The summed E-state index contributed by atoms with van der Waals surface area (Å²) < 4.78 is 7.74. The molecule has 0 saturated carbocycles. The van der Waals surface area contributed by atoms with Crippen LogP contribution in [0.2, 0.25) is 0 Å². The lowest BCUT2D eigenvalue weighted by atomic mass is 9.95. The van der Waals surface area contributed by atoms with Crippen LogP contribution in [-0.2, 0) is 12.8 Å². The van der Waals surface area contributed by atoms with E-state index in [9.17, 15) is 4.79 Å². The van der Waals surface area contributed by atoms with E-state index in [1.807, 2.05) is 13.0 Å². The van der Waals surface area contributed by atoms with Gasteiger partial charge in [0.15, 0.2) is 0 Å². The molecule has 2 aromatic heterocycles. The van der Waals surface area contributed by atoms with Crippen molar-refractivity contribution in [1.29, 1.82) is 0 Å². The number of thiophene rings is 1. The Hall–Kier alpha value is -2.86. The monoisotopic (exact) mass is 463 g/mol. The third-order valence-corrected chi connectivity index (χ3v) is 7.74. The predicted octanol–water partition coefficient (Wildman–Crippen LogP) is 6.24. The van der Waals surface area contributed by atoms with Crippen LogP contribution in [0.4, 0.5) is 0 Å². The van der Waals surface area contributed by atoms with E-state index in [-0.39, 0.29) is 5.91 Å². The second-order valence-corrected chi connectivity index (χ2v) is 10.2. The summed E-state index contributed by atoms with van der Waals surface area (Å²) in [6, 6.07) is 8.33. The molecule has 1 amide bonds. The van der Waals surface area contributed by atoms with Gasteiger partial charge in [0.05, 0.1) is 18.9 Å². The van der Waals surface area contributed by atoms with E-state index in [1.54, 1.807) is 24.7 Å². The lowest BCUT2D eigenvalue weighted by Crippen LogP contribution is -2.21. The minimum atomic E-state index is -0.136. The van der Waals surface area contributed by atoms with E-state index in [0.29, 0.717) is 5.92 Å². The van der Waals surface area contributed by atoms with Crippen molar-refractivity contribution in [2.45, 2.75) is 66.2 Å². The number of hydrogen-bond donors (Lipinski definition) is 1. The number of amides is 1. The Morgan fingerprint density at radius 2 is 1.85 bits per heavy atom. The number of aryl methyl sites for hydroxylation is 4. The number of carbonyl (C=O) groups is 1. The van der Waals surface area contributed by atoms with E-state index in [1.165, 1.54) is 16.9 Å². The normalized spacial score (nSPS) is 13.5. The van der Waals surface area contributed by atoms with Gasteiger partial charge >= 0.3 is 0 Å². The van der Waals surface area contributed by atoms with Gasteiger partial charge in [0.2, 0.25) is 0 Å². The Morgan fingerprint density at radius 1 is 1.15 bits per heavy atom. The number of benzene rings is 1. The first-order valence-electron chi connectivity index (χ1n) is 11.6. The summed E-state index contributed by atoms with van der Waals surface area (Å²) in [5.74, 6) is 1.08. The van der Waals surface area contributed by atoms with Crippen molar-refractivity contribution in [1.82, 2.24) is 9.99 Å². The Morgan fingerprint density at radius 3 is 2.52 bits per heavy atom. The van der Waals surface area contributed by atoms with E-state index in [4.69, 9.17) is 4.74 Å². The molecule has 0 aliphatic heterocycles. The summed E-state index contributed by atoms with van der Waals surface area (Å²) >= 11 is 1.75. The standard InChI is InChI=1S/C27H33N3O2S/c1-16(2)22-14-20(17(3)13-23(22)32-6)15-28-29-26(31)25-21-9-7-8-10-24(21)33-27(25)30-18(4)11-12-19(30)5/h11-16H,7-10H2,1-6H3,(H,29,31)/b28-15-. The van der Waals surface area contributed by atoms with Gasteiger partial charge in [-0.15, -0.1) is 11.3 Å². The van der Waals surface area contributed by atoms with Crippen LogP contribution in [0.15, 0.2) is 29.4 Å². The molecule has 0 atom stereocenters. The number of hydrogen-bond acceptors (Lipinski definition) is 4. The first-order chi connectivity index (χ1) is 15.8. The number of methoxy groups -OCH3 is 1. The highest BCUT2D eigenvalue weighted by molar-refractivity contribution is 7.15. The van der Waals surface area contributed by atoms with Crippen molar-refractivity contribution < 1.29 is 9.53 Å². The zero-order chi connectivity index (χ0) is 23.7. The maximum absolute atomic E-state index is 13.4. The molecule has 5 nitrogen and oxygen atoms in total. The van der Waals surface area contributed by atoms with Gasteiger partial charge < -0.3 is 9.30 Å². The molecule has 0 spiro atoms. The van der Waals surface area contributed by atoms with E-state index in [0.717, 1.165) is 63.7 Å². The molecule has 0 saturated heterocycles. The summed E-state index contributed by atoms with van der Waals surface area (Å²) in [5, 5.41) is 5.37. The van der Waals surface area contributed by atoms with Crippen LogP contribution >= 0.6 is 11.3 Å². The number of ether oxygens (including phenoxy) is 1. The Balaban J connectivity index is 1.66. The predicted molar refractivity (Wildman–Crippen MR) is 137 cm³/mol. The molecular formula is C27H33N3O2S. The van der Waals surface area contributed by atoms with Crippen molar-refractivity contribution >= 4 is 23.5 Å². The van der Waals surface area contributed by atoms with Crippen molar-refractivity contribution in [2.24, 2.45) is 5.10 Å². The molecule has 0 radical (unpaired) electrons. The third-order valence-electron chi connectivity index (χ3n) is 6.46. The summed E-state index contributed by atoms with van der Waals surface area (Å²) in [6.07, 6.45) is 6.05. The van der Waals surface area contributed by atoms with Gasteiger partial charge in [0, 0.05) is 16.3 Å². The second kappa shape index (κ2) is 9.56. The molecule has 0 fully saturated rings. The quantitative estimate of drug-likeness (QED) is 0.347. The third kappa shape index (κ3) is 4.49. The van der Waals surface area contributed by atoms with Crippen molar-refractivity contribution in [3.63, 3.8) is 0 Å². The van der Waals surface area contributed by atoms with Gasteiger partial charge in [-0.25, -0.2) is 5.43 Å². The fraction of sp³-hybridized carbons (Fsp3) is 0.407. The minimum Gasteiger partial charge on any atom is -0.496 e. The summed E-state index contributed by atoms with van der Waals surface area (Å²) in [7, 11) is 1.70. The highest BCUT2D eigenvalue weighted by Gasteiger charge is 2.27. The van der Waals surface area contributed by atoms with Crippen molar-refractivity contribution in [3.8, 4) is 10.8 Å².